The molecule has 0 aromatic carbocycles. The molecule has 0 bridgehead atoms. The zero-order chi connectivity index (χ0) is 11.1. The lowest BCUT2D eigenvalue weighted by Gasteiger charge is -2.36. The van der Waals surface area contributed by atoms with Crippen molar-refractivity contribution in [2.75, 3.05) is 5.73 Å². The van der Waals surface area contributed by atoms with Crippen LogP contribution in [0.15, 0.2) is 6.20 Å². The van der Waals surface area contributed by atoms with Crippen LogP contribution in [-0.4, -0.2) is 21.9 Å². The summed E-state index contributed by atoms with van der Waals surface area (Å²) in [6.45, 7) is 0. The lowest BCUT2D eigenvalue weighted by atomic mass is 9.78. The summed E-state index contributed by atoms with van der Waals surface area (Å²) in [7, 11) is 0. The van der Waals surface area contributed by atoms with Crippen LogP contribution in [0.25, 0.3) is 0 Å². The molecule has 1 aromatic rings. The van der Waals surface area contributed by atoms with E-state index in [4.69, 9.17) is 5.73 Å². The molecule has 0 spiro atoms. The number of anilines is 1. The summed E-state index contributed by atoms with van der Waals surface area (Å²) in [5.74, 6) is 1.03. The van der Waals surface area contributed by atoms with Gasteiger partial charge in [0.25, 0.3) is 0 Å². The number of fused-ring (bicyclic) bond motifs is 2. The number of nitrogens with one attached hydrogen (secondary N) is 1. The number of nitrogens with two attached hydrogens (primary N) is 1. The molecule has 84 valence electrons. The highest BCUT2D eigenvalue weighted by atomic mass is 16.1. The number of nitrogen functional groups attached to an aromatic ring is 1. The molecule has 3 rings (SSSR count). The summed E-state index contributed by atoms with van der Waals surface area (Å²) in [6, 6.07) is 0.265. The lowest BCUT2D eigenvalue weighted by molar-refractivity contribution is -0.124. The van der Waals surface area contributed by atoms with Crippen LogP contribution in [0.2, 0.25) is 0 Å². The predicted molar refractivity (Wildman–Crippen MR) is 58.5 cm³/mol. The van der Waals surface area contributed by atoms with Gasteiger partial charge < -0.3 is 11.1 Å². The van der Waals surface area contributed by atoms with Crippen molar-refractivity contribution in [3.63, 3.8) is 0 Å². The van der Waals surface area contributed by atoms with Gasteiger partial charge in [0.15, 0.2) is 0 Å². The minimum absolute atomic E-state index is 0.168. The number of hydrogen-bond donors (Lipinski definition) is 2. The lowest BCUT2D eigenvalue weighted by Crippen LogP contribution is -2.49. The molecule has 0 saturated carbocycles. The molecular weight excluding hydrogens is 204 g/mol. The van der Waals surface area contributed by atoms with Crippen LogP contribution in [0.3, 0.4) is 0 Å². The second kappa shape index (κ2) is 3.43. The molecule has 1 aromatic heterocycles. The third-order valence-electron chi connectivity index (χ3n) is 3.53. The molecule has 1 fully saturated rings. The van der Waals surface area contributed by atoms with E-state index in [1.54, 1.807) is 6.20 Å². The molecule has 16 heavy (non-hydrogen) atoms. The molecule has 0 radical (unpaired) electrons. The van der Waals surface area contributed by atoms with Crippen molar-refractivity contribution in [1.82, 2.24) is 15.3 Å². The van der Waals surface area contributed by atoms with Crippen molar-refractivity contribution >= 4 is 11.9 Å². The van der Waals surface area contributed by atoms with Crippen molar-refractivity contribution in [2.45, 2.75) is 31.7 Å². The van der Waals surface area contributed by atoms with E-state index in [1.165, 1.54) is 0 Å². The molecular formula is C11H14N4O. The van der Waals surface area contributed by atoms with Gasteiger partial charge in [-0.05, 0) is 30.7 Å². The molecule has 5 nitrogen and oxygen atoms in total. The van der Waals surface area contributed by atoms with Gasteiger partial charge in [0, 0.05) is 24.4 Å². The highest BCUT2D eigenvalue weighted by molar-refractivity contribution is 5.77. The zero-order valence-corrected chi connectivity index (χ0v) is 8.94. The number of carbonyl (C=O) groups excluding carboxylic acids is 1. The van der Waals surface area contributed by atoms with E-state index in [-0.39, 0.29) is 11.9 Å². The number of amides is 1. The fourth-order valence-electron chi connectivity index (χ4n) is 2.67. The molecule has 0 unspecified atom stereocenters. The number of hydrogen-bond acceptors (Lipinski definition) is 4. The second-order valence-electron chi connectivity index (χ2n) is 4.58. The summed E-state index contributed by atoms with van der Waals surface area (Å²) in [5.41, 5.74) is 7.76. The Morgan fingerprint density at radius 1 is 1.44 bits per heavy atom. The summed E-state index contributed by atoms with van der Waals surface area (Å²) in [6.07, 6.45) is 5.13. The first-order valence-electron chi connectivity index (χ1n) is 5.62. The minimum Gasteiger partial charge on any atom is -0.368 e. The van der Waals surface area contributed by atoms with Gasteiger partial charge in [0.2, 0.25) is 11.9 Å². The number of aromatic nitrogens is 2. The monoisotopic (exact) mass is 218 g/mol. The molecule has 2 aliphatic rings. The molecule has 2 atom stereocenters. The first-order chi connectivity index (χ1) is 7.72. The maximum atomic E-state index is 11.3. The van der Waals surface area contributed by atoms with Crippen LogP contribution in [0.1, 0.15) is 24.1 Å². The van der Waals surface area contributed by atoms with Crippen LogP contribution in [0.5, 0.6) is 0 Å². The van der Waals surface area contributed by atoms with Gasteiger partial charge in [-0.3, -0.25) is 4.79 Å². The molecule has 5 heteroatoms. The molecule has 3 N–H and O–H groups in total. The Morgan fingerprint density at radius 2 is 2.31 bits per heavy atom. The van der Waals surface area contributed by atoms with Crippen molar-refractivity contribution in [2.24, 2.45) is 5.92 Å². The van der Waals surface area contributed by atoms with E-state index < -0.39 is 0 Å². The van der Waals surface area contributed by atoms with Gasteiger partial charge in [-0.1, -0.05) is 0 Å². The number of nitrogens with zero attached hydrogens (tertiary/aromatic N) is 2. The molecule has 1 amide bonds. The summed E-state index contributed by atoms with van der Waals surface area (Å²) in [4.78, 5) is 19.6. The Bertz CT molecular complexity index is 446. The van der Waals surface area contributed by atoms with E-state index in [0.717, 1.165) is 30.5 Å². The van der Waals surface area contributed by atoms with Gasteiger partial charge in [-0.2, -0.15) is 0 Å². The van der Waals surface area contributed by atoms with E-state index >= 15 is 0 Å². The standard InChI is InChI=1S/C11H14N4O/c12-11-13-5-7-4-8-6(3-9(7)15-11)1-2-10(16)14-8/h5-6,8H,1-4H2,(H,14,16)(H2,12,13,15)/t6-,8-/m0/s1. The average Bonchev–Trinajstić information content (AvgIpc) is 2.26. The maximum absolute atomic E-state index is 11.3. The third kappa shape index (κ3) is 1.52. The predicted octanol–water partition coefficient (Wildman–Crippen LogP) is 0.0522. The van der Waals surface area contributed by atoms with Crippen LogP contribution in [0, 0.1) is 5.92 Å². The van der Waals surface area contributed by atoms with Crippen molar-refractivity contribution in [1.29, 1.82) is 0 Å². The highest BCUT2D eigenvalue weighted by Crippen LogP contribution is 2.30. The molecule has 1 aliphatic heterocycles. The number of carbonyl (C=O) groups is 1. The highest BCUT2D eigenvalue weighted by Gasteiger charge is 2.33. The third-order valence-corrected chi connectivity index (χ3v) is 3.53. The van der Waals surface area contributed by atoms with Crippen molar-refractivity contribution in [3.05, 3.63) is 17.5 Å². The summed E-state index contributed by atoms with van der Waals surface area (Å²) >= 11 is 0. The van der Waals surface area contributed by atoms with Crippen LogP contribution in [0.4, 0.5) is 5.95 Å². The Balaban J connectivity index is 1.91. The number of piperidine rings is 1. The van der Waals surface area contributed by atoms with E-state index in [2.05, 4.69) is 15.3 Å². The van der Waals surface area contributed by atoms with E-state index in [0.29, 0.717) is 18.3 Å². The van der Waals surface area contributed by atoms with Gasteiger partial charge in [-0.15, -0.1) is 0 Å². The largest absolute Gasteiger partial charge is 0.368 e. The summed E-state index contributed by atoms with van der Waals surface area (Å²) in [5, 5.41) is 3.05. The van der Waals surface area contributed by atoms with Crippen LogP contribution in [-0.2, 0) is 17.6 Å². The number of rotatable bonds is 0. The quantitative estimate of drug-likeness (QED) is 0.645. The Labute approximate surface area is 93.5 Å². The smallest absolute Gasteiger partial charge is 0.220 e. The van der Waals surface area contributed by atoms with Crippen molar-refractivity contribution in [3.8, 4) is 0 Å². The molecule has 1 aliphatic carbocycles. The van der Waals surface area contributed by atoms with Crippen LogP contribution < -0.4 is 11.1 Å². The Hall–Kier alpha value is -1.65. The Kier molecular flexibility index (Phi) is 2.05. The van der Waals surface area contributed by atoms with E-state index in [1.807, 2.05) is 0 Å². The maximum Gasteiger partial charge on any atom is 0.220 e. The average molecular weight is 218 g/mol. The molecule has 2 heterocycles. The fraction of sp³-hybridized carbons (Fsp3) is 0.545. The molecule has 1 saturated heterocycles. The van der Waals surface area contributed by atoms with Gasteiger partial charge in [0.1, 0.15) is 0 Å². The fourth-order valence-corrected chi connectivity index (χ4v) is 2.67. The topological polar surface area (TPSA) is 80.9 Å². The zero-order valence-electron chi connectivity index (χ0n) is 8.94. The Morgan fingerprint density at radius 3 is 3.19 bits per heavy atom. The van der Waals surface area contributed by atoms with Crippen molar-refractivity contribution < 1.29 is 4.79 Å². The second-order valence-corrected chi connectivity index (χ2v) is 4.58. The summed E-state index contributed by atoms with van der Waals surface area (Å²) < 4.78 is 0. The van der Waals surface area contributed by atoms with Gasteiger partial charge in [-0.25, -0.2) is 9.97 Å². The normalized spacial score (nSPS) is 27.9. The SMILES string of the molecule is Nc1ncc2c(n1)C[C@@H]1CCC(=O)N[C@H]1C2. The van der Waals surface area contributed by atoms with E-state index in [9.17, 15) is 4.79 Å². The van der Waals surface area contributed by atoms with Crippen LogP contribution >= 0.6 is 0 Å². The first kappa shape index (κ1) is 9.57. The van der Waals surface area contributed by atoms with Gasteiger partial charge in [0.05, 0.1) is 0 Å². The van der Waals surface area contributed by atoms with Gasteiger partial charge >= 0.3 is 0 Å². The minimum atomic E-state index is 0.168. The first-order valence-corrected chi connectivity index (χ1v) is 5.62.